The fourth-order valence-electron chi connectivity index (χ4n) is 2.91. The molecule has 0 aromatic rings. The van der Waals surface area contributed by atoms with E-state index in [4.69, 9.17) is 10.5 Å². The van der Waals surface area contributed by atoms with Crippen LogP contribution in [0.1, 0.15) is 79.6 Å². The fourth-order valence-corrected chi connectivity index (χ4v) is 3.59. The number of likely N-dealkylation sites (tertiary alicyclic amines) is 1. The molecule has 3 aliphatic rings. The number of hydrogen-bond donors (Lipinski definition) is 2. The van der Waals surface area contributed by atoms with E-state index in [-0.39, 0.29) is 19.8 Å². The molecule has 6 heteroatoms. The smallest absolute Gasteiger partial charge is 0.180 e. The quantitative estimate of drug-likeness (QED) is 0.201. The van der Waals surface area contributed by atoms with Gasteiger partial charge >= 0.3 is 0 Å². The van der Waals surface area contributed by atoms with Gasteiger partial charge in [-0.25, -0.2) is 0 Å². The van der Waals surface area contributed by atoms with Gasteiger partial charge in [-0.3, -0.25) is 4.57 Å². The molecule has 2 unspecified atom stereocenters. The molecule has 0 radical (unpaired) electrons. The molecular formula is C27H50N3O2P. The van der Waals surface area contributed by atoms with Gasteiger partial charge < -0.3 is 20.7 Å². The van der Waals surface area contributed by atoms with Gasteiger partial charge in [0.05, 0.1) is 18.7 Å². The van der Waals surface area contributed by atoms with Gasteiger partial charge in [0.15, 0.2) is 8.46 Å². The molecule has 0 aromatic carbocycles. The molecule has 5 nitrogen and oxygen atoms in total. The van der Waals surface area contributed by atoms with Crippen molar-refractivity contribution in [1.29, 1.82) is 0 Å². The van der Waals surface area contributed by atoms with Crippen molar-refractivity contribution in [1.82, 2.24) is 10.2 Å². The average Bonchev–Trinajstić information content (AvgIpc) is 3.71. The summed E-state index contributed by atoms with van der Waals surface area (Å²) < 4.78 is 16.1. The Bertz CT molecular complexity index is 627. The Morgan fingerprint density at radius 2 is 1.79 bits per heavy atom. The van der Waals surface area contributed by atoms with Crippen LogP contribution >= 0.6 is 8.46 Å². The van der Waals surface area contributed by atoms with Crippen molar-refractivity contribution in [2.24, 2.45) is 17.6 Å². The van der Waals surface area contributed by atoms with E-state index in [9.17, 15) is 4.57 Å². The van der Waals surface area contributed by atoms with Crippen LogP contribution in [0.3, 0.4) is 0 Å². The van der Waals surface area contributed by atoms with Crippen LogP contribution in [-0.2, 0) is 9.30 Å². The first-order valence-corrected chi connectivity index (χ1v) is 13.4. The first kappa shape index (κ1) is 31.4. The van der Waals surface area contributed by atoms with Crippen molar-refractivity contribution in [3.8, 4) is 0 Å². The molecule has 0 bridgehead atoms. The summed E-state index contributed by atoms with van der Waals surface area (Å²) in [6.45, 7) is 28.2. The van der Waals surface area contributed by atoms with Gasteiger partial charge in [-0.15, -0.1) is 6.58 Å². The molecule has 1 heterocycles. The van der Waals surface area contributed by atoms with Gasteiger partial charge in [-0.05, 0) is 38.5 Å². The predicted octanol–water partition coefficient (Wildman–Crippen LogP) is 7.00. The Morgan fingerprint density at radius 1 is 1.21 bits per heavy atom. The van der Waals surface area contributed by atoms with Crippen molar-refractivity contribution >= 4 is 8.46 Å². The predicted molar refractivity (Wildman–Crippen MR) is 144 cm³/mol. The monoisotopic (exact) mass is 479 g/mol. The number of nitrogens with zero attached hydrogens (tertiary/aromatic N) is 1. The molecule has 0 amide bonds. The van der Waals surface area contributed by atoms with Gasteiger partial charge in [0.2, 0.25) is 0 Å². The largest absolute Gasteiger partial charge is 0.497 e. The summed E-state index contributed by atoms with van der Waals surface area (Å²) in [6, 6.07) is 0. The summed E-state index contributed by atoms with van der Waals surface area (Å²) in [5, 5.41) is 3.21. The Hall–Kier alpha value is -1.58. The number of ether oxygens (including phenoxy) is 1. The van der Waals surface area contributed by atoms with Gasteiger partial charge in [-0.1, -0.05) is 72.8 Å². The zero-order valence-corrected chi connectivity index (χ0v) is 22.9. The number of allylic oxidation sites excluding steroid dienone is 1. The number of nitrogens with two attached hydrogens (primary N) is 1. The zero-order valence-electron chi connectivity index (χ0n) is 22.0. The SMILES string of the molecule is C1CC1.C=C(CC)NCC(=C)N1CCC[C@H]1P=O.C=CC1CC1(N)C(=C)OCC.CC(C)C. The molecule has 3 rings (SSSR count). The van der Waals surface area contributed by atoms with Crippen LogP contribution in [0.25, 0.3) is 0 Å². The molecule has 0 spiro atoms. The lowest BCUT2D eigenvalue weighted by atomic mass is 10.2. The lowest BCUT2D eigenvalue weighted by Crippen LogP contribution is -2.30. The maximum Gasteiger partial charge on any atom is 0.180 e. The highest BCUT2D eigenvalue weighted by Crippen LogP contribution is 2.46. The van der Waals surface area contributed by atoms with Gasteiger partial charge in [0.25, 0.3) is 0 Å². The Morgan fingerprint density at radius 3 is 2.18 bits per heavy atom. The highest BCUT2D eigenvalue weighted by Gasteiger charge is 2.52. The normalized spacial score (nSPS) is 24.2. The van der Waals surface area contributed by atoms with Crippen LogP contribution in [0.2, 0.25) is 0 Å². The third-order valence-electron chi connectivity index (χ3n) is 5.25. The summed E-state index contributed by atoms with van der Waals surface area (Å²) in [4.78, 5) is 2.13. The molecular weight excluding hydrogens is 429 g/mol. The number of hydrogen-bond acceptors (Lipinski definition) is 5. The van der Waals surface area contributed by atoms with E-state index in [0.29, 0.717) is 24.8 Å². The van der Waals surface area contributed by atoms with Crippen molar-refractivity contribution in [2.45, 2.75) is 90.9 Å². The molecule has 2 aliphatic carbocycles. The molecule has 0 aromatic heterocycles. The Balaban J connectivity index is 0.000000492. The molecule has 3 atom stereocenters. The van der Waals surface area contributed by atoms with E-state index in [2.05, 4.69) is 64.2 Å². The summed E-state index contributed by atoms with van der Waals surface area (Å²) in [6.07, 6.45) is 10.3. The van der Waals surface area contributed by atoms with E-state index in [1.54, 1.807) is 0 Å². The third kappa shape index (κ3) is 13.7. The van der Waals surface area contributed by atoms with E-state index < -0.39 is 0 Å². The minimum Gasteiger partial charge on any atom is -0.497 e. The van der Waals surface area contributed by atoms with Crippen molar-refractivity contribution in [3.63, 3.8) is 0 Å². The lowest BCUT2D eigenvalue weighted by molar-refractivity contribution is 0.203. The highest BCUT2D eigenvalue weighted by atomic mass is 31.1. The molecule has 190 valence electrons. The zero-order chi connectivity index (χ0) is 25.4. The Labute approximate surface area is 205 Å². The van der Waals surface area contributed by atoms with Crippen LogP contribution in [-0.4, -0.2) is 35.9 Å². The number of nitrogens with one attached hydrogen (secondary N) is 1. The summed E-state index contributed by atoms with van der Waals surface area (Å²) in [5.74, 6) is 2.03. The van der Waals surface area contributed by atoms with Gasteiger partial charge in [-0.2, -0.15) is 0 Å². The summed E-state index contributed by atoms with van der Waals surface area (Å²) >= 11 is 0. The standard InChI is InChI=1S/C11H19N2OP.C9H15NO.C4H10.C3H6/c1-4-9(2)12-8-10(3)13-7-5-6-11(13)15-14;1-4-8-6-9(8,10)7(3)11-5-2;1-4(2)3;1-2-3-1/h11-12H,2-8H2,1H3;4,8H,1,3,5-6,10H2,2H3;4H,1-3H3;1-3H2/t11-;;;/m1.../s1. The van der Waals surface area contributed by atoms with E-state index in [0.717, 1.165) is 49.5 Å². The average molecular weight is 480 g/mol. The molecule has 1 saturated heterocycles. The van der Waals surface area contributed by atoms with E-state index in [1.165, 1.54) is 19.3 Å². The fraction of sp³-hybridized carbons (Fsp3) is 0.704. The third-order valence-corrected chi connectivity index (χ3v) is 6.03. The molecule has 2 saturated carbocycles. The second-order valence-corrected chi connectivity index (χ2v) is 10.3. The van der Waals surface area contributed by atoms with Crippen LogP contribution in [0.15, 0.2) is 49.5 Å². The second-order valence-electron chi connectivity index (χ2n) is 9.53. The summed E-state index contributed by atoms with van der Waals surface area (Å²) in [5.41, 5.74) is 7.66. The van der Waals surface area contributed by atoms with Crippen LogP contribution in [0.5, 0.6) is 0 Å². The lowest BCUT2D eigenvalue weighted by Gasteiger charge is -2.25. The van der Waals surface area contributed by atoms with Gasteiger partial charge in [0.1, 0.15) is 11.5 Å². The maximum absolute atomic E-state index is 10.9. The van der Waals surface area contributed by atoms with Crippen LogP contribution in [0, 0.1) is 11.8 Å². The molecule has 3 fully saturated rings. The topological polar surface area (TPSA) is 67.6 Å². The highest BCUT2D eigenvalue weighted by molar-refractivity contribution is 7.24. The van der Waals surface area contributed by atoms with Crippen LogP contribution in [0.4, 0.5) is 0 Å². The minimum atomic E-state index is -0.308. The molecule has 1 aliphatic heterocycles. The van der Waals surface area contributed by atoms with Crippen molar-refractivity contribution < 1.29 is 9.30 Å². The second kappa shape index (κ2) is 16.9. The van der Waals surface area contributed by atoms with Crippen LogP contribution < -0.4 is 11.1 Å². The first-order chi connectivity index (χ1) is 15.6. The van der Waals surface area contributed by atoms with Crippen molar-refractivity contribution in [3.05, 3.63) is 49.5 Å². The van der Waals surface area contributed by atoms with Crippen molar-refractivity contribution in [2.75, 3.05) is 19.7 Å². The molecule has 33 heavy (non-hydrogen) atoms. The first-order valence-electron chi connectivity index (χ1n) is 12.5. The molecule has 3 N–H and O–H groups in total. The Kier molecular flexibility index (Phi) is 16.1. The summed E-state index contributed by atoms with van der Waals surface area (Å²) in [7, 11) is 0.211. The van der Waals surface area contributed by atoms with Gasteiger partial charge in [0, 0.05) is 23.9 Å². The minimum absolute atomic E-state index is 0.134. The number of rotatable bonds is 10. The maximum atomic E-state index is 10.9. The van der Waals surface area contributed by atoms with E-state index >= 15 is 0 Å². The van der Waals surface area contributed by atoms with E-state index in [1.807, 2.05) is 13.0 Å².